The first-order valence-electron chi connectivity index (χ1n) is 7.19. The summed E-state index contributed by atoms with van der Waals surface area (Å²) in [6.07, 6.45) is 5.49. The van der Waals surface area contributed by atoms with E-state index in [1.54, 1.807) is 12.3 Å². The summed E-state index contributed by atoms with van der Waals surface area (Å²) < 4.78 is 0. The predicted octanol–water partition coefficient (Wildman–Crippen LogP) is 1.52. The molecule has 1 amide bonds. The molecule has 0 aromatic carbocycles. The molecule has 0 spiro atoms. The number of aliphatic hydroxyl groups is 1. The van der Waals surface area contributed by atoms with Crippen LogP contribution in [0.5, 0.6) is 0 Å². The van der Waals surface area contributed by atoms with Gasteiger partial charge in [-0.1, -0.05) is 0 Å². The number of hydrogen-bond acceptors (Lipinski definition) is 4. The molecule has 1 atom stereocenters. The highest BCUT2D eigenvalue weighted by Crippen LogP contribution is 2.24. The number of pyridine rings is 1. The van der Waals surface area contributed by atoms with Gasteiger partial charge in [-0.2, -0.15) is 0 Å². The SMILES string of the molecule is CN(C)c1ncccc1C(=O)N1CCCCC1CCO. The molecule has 1 saturated heterocycles. The van der Waals surface area contributed by atoms with Crippen molar-refractivity contribution in [2.24, 2.45) is 0 Å². The van der Waals surface area contributed by atoms with Gasteiger partial charge in [0.15, 0.2) is 0 Å². The van der Waals surface area contributed by atoms with E-state index in [-0.39, 0.29) is 18.6 Å². The van der Waals surface area contributed by atoms with Crippen LogP contribution in [0.3, 0.4) is 0 Å². The number of anilines is 1. The van der Waals surface area contributed by atoms with Crippen LogP contribution in [0.15, 0.2) is 18.3 Å². The Bertz CT molecular complexity index is 460. The van der Waals surface area contributed by atoms with E-state index in [2.05, 4.69) is 4.98 Å². The lowest BCUT2D eigenvalue weighted by atomic mass is 9.98. The van der Waals surface area contributed by atoms with Gasteiger partial charge in [-0.25, -0.2) is 4.98 Å². The van der Waals surface area contributed by atoms with E-state index in [4.69, 9.17) is 0 Å². The fourth-order valence-electron chi connectivity index (χ4n) is 2.79. The van der Waals surface area contributed by atoms with Crippen LogP contribution in [0.25, 0.3) is 0 Å². The lowest BCUT2D eigenvalue weighted by molar-refractivity contribution is 0.0575. The molecule has 0 saturated carbocycles. The highest BCUT2D eigenvalue weighted by molar-refractivity contribution is 5.99. The zero-order valence-electron chi connectivity index (χ0n) is 12.2. The molecular formula is C15H23N3O2. The van der Waals surface area contributed by atoms with E-state index in [0.717, 1.165) is 25.8 Å². The second kappa shape index (κ2) is 6.70. The molecule has 5 heteroatoms. The van der Waals surface area contributed by atoms with Crippen LogP contribution in [-0.4, -0.2) is 54.2 Å². The maximum Gasteiger partial charge on any atom is 0.257 e. The van der Waals surface area contributed by atoms with Gasteiger partial charge < -0.3 is 14.9 Å². The molecule has 5 nitrogen and oxygen atoms in total. The van der Waals surface area contributed by atoms with Crippen LogP contribution in [0.1, 0.15) is 36.0 Å². The molecule has 1 fully saturated rings. The molecule has 1 aromatic rings. The zero-order valence-corrected chi connectivity index (χ0v) is 12.2. The number of nitrogens with zero attached hydrogens (tertiary/aromatic N) is 3. The number of likely N-dealkylation sites (tertiary alicyclic amines) is 1. The van der Waals surface area contributed by atoms with E-state index in [9.17, 15) is 9.90 Å². The molecule has 20 heavy (non-hydrogen) atoms. The van der Waals surface area contributed by atoms with Crippen molar-refractivity contribution in [1.29, 1.82) is 0 Å². The summed E-state index contributed by atoms with van der Waals surface area (Å²) in [4.78, 5) is 20.8. The Labute approximate surface area is 120 Å². The lowest BCUT2D eigenvalue weighted by Crippen LogP contribution is -2.44. The first kappa shape index (κ1) is 14.8. The van der Waals surface area contributed by atoms with Gasteiger partial charge in [0, 0.05) is 39.5 Å². The van der Waals surface area contributed by atoms with Crippen LogP contribution in [-0.2, 0) is 0 Å². The van der Waals surface area contributed by atoms with Gasteiger partial charge in [-0.05, 0) is 37.8 Å². The largest absolute Gasteiger partial charge is 0.396 e. The van der Waals surface area contributed by atoms with Crippen molar-refractivity contribution >= 4 is 11.7 Å². The van der Waals surface area contributed by atoms with Gasteiger partial charge in [0.05, 0.1) is 5.56 Å². The Morgan fingerprint density at radius 3 is 3.00 bits per heavy atom. The van der Waals surface area contributed by atoms with Crippen molar-refractivity contribution in [3.8, 4) is 0 Å². The monoisotopic (exact) mass is 277 g/mol. The molecule has 1 N–H and O–H groups in total. The van der Waals surface area contributed by atoms with Gasteiger partial charge in [0.2, 0.25) is 0 Å². The van der Waals surface area contributed by atoms with Gasteiger partial charge in [-0.15, -0.1) is 0 Å². The Morgan fingerprint density at radius 2 is 2.30 bits per heavy atom. The fraction of sp³-hybridized carbons (Fsp3) is 0.600. The quantitative estimate of drug-likeness (QED) is 0.906. The smallest absolute Gasteiger partial charge is 0.257 e. The van der Waals surface area contributed by atoms with Gasteiger partial charge in [0.25, 0.3) is 5.91 Å². The van der Waals surface area contributed by atoms with Crippen molar-refractivity contribution in [3.05, 3.63) is 23.9 Å². The van der Waals surface area contributed by atoms with E-state index in [1.165, 1.54) is 0 Å². The molecular weight excluding hydrogens is 254 g/mol. The molecule has 2 rings (SSSR count). The van der Waals surface area contributed by atoms with Crippen molar-refractivity contribution in [2.45, 2.75) is 31.7 Å². The third-order valence-electron chi connectivity index (χ3n) is 3.79. The van der Waals surface area contributed by atoms with Crippen molar-refractivity contribution in [1.82, 2.24) is 9.88 Å². The highest BCUT2D eigenvalue weighted by atomic mass is 16.3. The first-order valence-corrected chi connectivity index (χ1v) is 7.19. The molecule has 1 aromatic heterocycles. The fourth-order valence-corrected chi connectivity index (χ4v) is 2.79. The van der Waals surface area contributed by atoms with Crippen molar-refractivity contribution in [3.63, 3.8) is 0 Å². The van der Waals surface area contributed by atoms with Crippen LogP contribution in [0, 0.1) is 0 Å². The molecule has 0 aliphatic carbocycles. The second-order valence-corrected chi connectivity index (χ2v) is 5.43. The summed E-state index contributed by atoms with van der Waals surface area (Å²) in [6.45, 7) is 0.896. The minimum atomic E-state index is 0.0277. The summed E-state index contributed by atoms with van der Waals surface area (Å²) >= 11 is 0. The minimum Gasteiger partial charge on any atom is -0.396 e. The van der Waals surface area contributed by atoms with Gasteiger partial charge >= 0.3 is 0 Å². The number of piperidine rings is 1. The lowest BCUT2D eigenvalue weighted by Gasteiger charge is -2.36. The van der Waals surface area contributed by atoms with Crippen LogP contribution < -0.4 is 4.90 Å². The van der Waals surface area contributed by atoms with Gasteiger partial charge in [-0.3, -0.25) is 4.79 Å². The molecule has 1 unspecified atom stereocenters. The topological polar surface area (TPSA) is 56.7 Å². The Hall–Kier alpha value is -1.62. The van der Waals surface area contributed by atoms with Crippen LogP contribution in [0.4, 0.5) is 5.82 Å². The third kappa shape index (κ3) is 3.10. The first-order chi connectivity index (χ1) is 9.65. The highest BCUT2D eigenvalue weighted by Gasteiger charge is 2.28. The van der Waals surface area contributed by atoms with Crippen molar-refractivity contribution < 1.29 is 9.90 Å². The molecule has 1 aliphatic rings. The van der Waals surface area contributed by atoms with Crippen LogP contribution in [0.2, 0.25) is 0 Å². The molecule has 1 aliphatic heterocycles. The summed E-state index contributed by atoms with van der Waals surface area (Å²) in [5, 5.41) is 9.17. The molecule has 0 radical (unpaired) electrons. The Balaban J connectivity index is 2.25. The third-order valence-corrected chi connectivity index (χ3v) is 3.79. The van der Waals surface area contributed by atoms with E-state index in [1.807, 2.05) is 30.0 Å². The second-order valence-electron chi connectivity index (χ2n) is 5.43. The van der Waals surface area contributed by atoms with E-state index < -0.39 is 0 Å². The summed E-state index contributed by atoms with van der Waals surface area (Å²) in [5.41, 5.74) is 0.641. The Kier molecular flexibility index (Phi) is 4.95. The normalized spacial score (nSPS) is 18.9. The number of aliphatic hydroxyl groups excluding tert-OH is 1. The summed E-state index contributed by atoms with van der Waals surface area (Å²) in [7, 11) is 3.78. The molecule has 110 valence electrons. The van der Waals surface area contributed by atoms with Crippen LogP contribution >= 0.6 is 0 Å². The number of aromatic nitrogens is 1. The maximum absolute atomic E-state index is 12.8. The summed E-state index contributed by atoms with van der Waals surface area (Å²) in [5.74, 6) is 0.728. The molecule has 2 heterocycles. The number of carbonyl (C=O) groups excluding carboxylic acids is 1. The maximum atomic E-state index is 12.8. The van der Waals surface area contributed by atoms with E-state index in [0.29, 0.717) is 17.8 Å². The average Bonchev–Trinajstić information content (AvgIpc) is 2.47. The number of carbonyl (C=O) groups is 1. The standard InChI is InChI=1S/C15H23N3O2/c1-17(2)14-13(7-5-9-16-14)15(20)18-10-4-3-6-12(18)8-11-19/h5,7,9,12,19H,3-4,6,8,10-11H2,1-2H3. The van der Waals surface area contributed by atoms with E-state index >= 15 is 0 Å². The predicted molar refractivity (Wildman–Crippen MR) is 78.9 cm³/mol. The zero-order chi connectivity index (χ0) is 14.5. The molecule has 0 bridgehead atoms. The summed E-state index contributed by atoms with van der Waals surface area (Å²) in [6, 6.07) is 3.78. The number of hydrogen-bond donors (Lipinski definition) is 1. The van der Waals surface area contributed by atoms with Gasteiger partial charge in [0.1, 0.15) is 5.82 Å². The number of rotatable bonds is 4. The Morgan fingerprint density at radius 1 is 1.50 bits per heavy atom. The van der Waals surface area contributed by atoms with Crippen molar-refractivity contribution in [2.75, 3.05) is 32.1 Å². The minimum absolute atomic E-state index is 0.0277. The average molecular weight is 277 g/mol. The number of amides is 1.